The zero-order valence-electron chi connectivity index (χ0n) is 14.7. The van der Waals surface area contributed by atoms with E-state index in [1.807, 2.05) is 0 Å². The highest BCUT2D eigenvalue weighted by Gasteiger charge is 2.44. The van der Waals surface area contributed by atoms with Crippen LogP contribution >= 0.6 is 7.94 Å². The van der Waals surface area contributed by atoms with E-state index in [4.69, 9.17) is 9.05 Å². The molecule has 1 fully saturated rings. The Kier molecular flexibility index (Phi) is 12.7. The molecule has 1 rings (SSSR count). The van der Waals surface area contributed by atoms with E-state index in [2.05, 4.69) is 6.92 Å². The molecular weight excluding hydrogens is 295 g/mol. The minimum atomic E-state index is -2.40. The molecule has 0 aliphatic carbocycles. The van der Waals surface area contributed by atoms with E-state index in [0.717, 1.165) is 12.6 Å². The van der Waals surface area contributed by atoms with Gasteiger partial charge in [-0.3, -0.25) is 0 Å². The van der Waals surface area contributed by atoms with Gasteiger partial charge in [0.25, 0.3) is 0 Å². The number of rotatable bonds is 15. The Morgan fingerprint density at radius 3 is 1.41 bits per heavy atom. The molecule has 0 amide bonds. The predicted molar refractivity (Wildman–Crippen MR) is 96.2 cm³/mol. The van der Waals surface area contributed by atoms with E-state index in [0.29, 0.717) is 13.2 Å². The smallest absolute Gasteiger partial charge is 0.193 e. The van der Waals surface area contributed by atoms with E-state index >= 15 is 0 Å². The van der Waals surface area contributed by atoms with Crippen molar-refractivity contribution in [3.8, 4) is 0 Å². The Morgan fingerprint density at radius 1 is 0.636 bits per heavy atom. The highest BCUT2D eigenvalue weighted by Crippen LogP contribution is 2.60. The molecule has 1 saturated heterocycles. The molecule has 0 saturated carbocycles. The second-order valence-electron chi connectivity index (χ2n) is 6.62. The Labute approximate surface area is 138 Å². The van der Waals surface area contributed by atoms with Gasteiger partial charge in [0, 0.05) is 0 Å². The third-order valence-electron chi connectivity index (χ3n) is 4.46. The fourth-order valence-electron chi connectivity index (χ4n) is 3.03. The van der Waals surface area contributed by atoms with Crippen LogP contribution in [0.3, 0.4) is 0 Å². The highest BCUT2D eigenvalue weighted by molar-refractivity contribution is 7.60. The fraction of sp³-hybridized carbons (Fsp3) is 1.00. The minimum Gasteiger partial charge on any atom is -0.193 e. The van der Waals surface area contributed by atoms with Crippen LogP contribution in [0.4, 0.5) is 0 Å². The van der Waals surface area contributed by atoms with Crippen LogP contribution < -0.4 is 0 Å². The van der Waals surface area contributed by atoms with Gasteiger partial charge in [-0.2, -0.15) is 13.9 Å². The van der Waals surface area contributed by atoms with Crippen LogP contribution in [0, 0.1) is 0 Å². The van der Waals surface area contributed by atoms with Gasteiger partial charge in [-0.25, -0.2) is 0 Å². The number of hydrogen-bond acceptors (Lipinski definition) is 3. The highest BCUT2D eigenvalue weighted by atomic mass is 31.2. The largest absolute Gasteiger partial charge is 0.408 e. The molecule has 0 unspecified atom stereocenters. The maximum absolute atomic E-state index is 9.95. The lowest BCUT2D eigenvalue weighted by atomic mass is 10.0. The first-order valence-corrected chi connectivity index (χ1v) is 11.4. The average Bonchev–Trinajstić information content (AvgIpc) is 2.94. The Balaban J connectivity index is 1.71. The first kappa shape index (κ1) is 20.4. The molecule has 0 aromatic heterocycles. The van der Waals surface area contributed by atoms with Crippen LogP contribution in [0.5, 0.6) is 0 Å². The Bertz CT molecular complexity index is 242. The normalized spacial score (nSPS) is 17.2. The van der Waals surface area contributed by atoms with E-state index in [-0.39, 0.29) is 0 Å². The first-order chi connectivity index (χ1) is 10.8. The molecular formula is C18H38O3P+. The lowest BCUT2D eigenvalue weighted by Gasteiger charge is -2.08. The lowest BCUT2D eigenvalue weighted by Crippen LogP contribution is -1.97. The average molecular weight is 333 g/mol. The summed E-state index contributed by atoms with van der Waals surface area (Å²) >= 11 is 0. The van der Waals surface area contributed by atoms with Crippen LogP contribution in [-0.4, -0.2) is 24.3 Å². The second kappa shape index (κ2) is 13.7. The van der Waals surface area contributed by atoms with Crippen LogP contribution in [-0.2, 0) is 9.05 Å². The van der Waals surface area contributed by atoms with Gasteiger partial charge in [0.2, 0.25) is 0 Å². The Hall–Kier alpha value is 0.310. The molecule has 22 heavy (non-hydrogen) atoms. The summed E-state index contributed by atoms with van der Waals surface area (Å²) in [4.78, 5) is 9.95. The standard InChI is InChI=1S/C18H38O3P/c1-2-3-4-5-6-7-8-9-10-11-12-13-14-15-18-22(19)20-16-17-21-22/h19H,2-18H2,1H3/q+1. The van der Waals surface area contributed by atoms with Crippen LogP contribution in [0.2, 0.25) is 0 Å². The van der Waals surface area contributed by atoms with Gasteiger partial charge in [0.05, 0.1) is 0 Å². The molecule has 0 aromatic rings. The molecule has 0 bridgehead atoms. The lowest BCUT2D eigenvalue weighted by molar-refractivity contribution is 0.310. The van der Waals surface area contributed by atoms with Crippen molar-refractivity contribution in [1.29, 1.82) is 0 Å². The number of hydrogen-bond donors (Lipinski definition) is 1. The van der Waals surface area contributed by atoms with Gasteiger partial charge in [-0.05, 0) is 12.8 Å². The molecule has 4 heteroatoms. The van der Waals surface area contributed by atoms with Gasteiger partial charge in [-0.1, -0.05) is 84.0 Å². The van der Waals surface area contributed by atoms with Crippen molar-refractivity contribution in [2.75, 3.05) is 19.4 Å². The molecule has 3 nitrogen and oxygen atoms in total. The molecule has 0 aromatic carbocycles. The summed E-state index contributed by atoms with van der Waals surface area (Å²) in [7, 11) is -2.40. The summed E-state index contributed by atoms with van der Waals surface area (Å²) < 4.78 is 10.6. The molecule has 132 valence electrons. The summed E-state index contributed by atoms with van der Waals surface area (Å²) in [5.74, 6) is 0. The maximum atomic E-state index is 9.95. The monoisotopic (exact) mass is 333 g/mol. The summed E-state index contributed by atoms with van der Waals surface area (Å²) in [6, 6.07) is 0. The molecule has 0 radical (unpaired) electrons. The van der Waals surface area contributed by atoms with Gasteiger partial charge in [-0.15, -0.1) is 0 Å². The molecule has 1 heterocycles. The zero-order chi connectivity index (χ0) is 15.9. The van der Waals surface area contributed by atoms with Gasteiger partial charge < -0.3 is 0 Å². The quantitative estimate of drug-likeness (QED) is 0.283. The number of unbranched alkanes of at least 4 members (excludes halogenated alkanes) is 13. The van der Waals surface area contributed by atoms with Gasteiger partial charge in [0.1, 0.15) is 19.4 Å². The fourth-order valence-corrected chi connectivity index (χ4v) is 4.71. The molecule has 0 atom stereocenters. The minimum absolute atomic E-state index is 0.572. The van der Waals surface area contributed by atoms with Crippen molar-refractivity contribution >= 4 is 7.94 Å². The molecule has 1 N–H and O–H groups in total. The molecule has 1 aliphatic heterocycles. The SMILES string of the molecule is CCCCCCCCCCCCCCCC[P+]1(O)OCCO1. The summed E-state index contributed by atoms with van der Waals surface area (Å²) in [6.07, 6.45) is 19.7. The first-order valence-electron chi connectivity index (χ1n) is 9.67. The van der Waals surface area contributed by atoms with Crippen molar-refractivity contribution in [3.63, 3.8) is 0 Å². The molecule has 1 aliphatic rings. The second-order valence-corrected chi connectivity index (χ2v) is 8.86. The van der Waals surface area contributed by atoms with Crippen molar-refractivity contribution in [1.82, 2.24) is 0 Å². The van der Waals surface area contributed by atoms with Crippen molar-refractivity contribution in [2.45, 2.75) is 96.8 Å². The van der Waals surface area contributed by atoms with Crippen molar-refractivity contribution in [3.05, 3.63) is 0 Å². The zero-order valence-corrected chi connectivity index (χ0v) is 15.6. The predicted octanol–water partition coefficient (Wildman–Crippen LogP) is 6.27. The summed E-state index contributed by atoms with van der Waals surface area (Å²) in [6.45, 7) is 3.42. The maximum Gasteiger partial charge on any atom is 0.408 e. The van der Waals surface area contributed by atoms with Gasteiger partial charge in [0.15, 0.2) is 0 Å². The van der Waals surface area contributed by atoms with Gasteiger partial charge >= 0.3 is 7.94 Å². The van der Waals surface area contributed by atoms with E-state index in [1.54, 1.807) is 0 Å². The van der Waals surface area contributed by atoms with Crippen molar-refractivity contribution in [2.24, 2.45) is 0 Å². The van der Waals surface area contributed by atoms with Crippen LogP contribution in [0.1, 0.15) is 96.8 Å². The summed E-state index contributed by atoms with van der Waals surface area (Å²) in [5.41, 5.74) is 0. The Morgan fingerprint density at radius 2 is 1.00 bits per heavy atom. The van der Waals surface area contributed by atoms with Crippen molar-refractivity contribution < 1.29 is 13.9 Å². The topological polar surface area (TPSA) is 38.7 Å². The van der Waals surface area contributed by atoms with E-state index < -0.39 is 7.94 Å². The molecule has 0 spiro atoms. The van der Waals surface area contributed by atoms with E-state index in [9.17, 15) is 4.89 Å². The third-order valence-corrected chi connectivity index (χ3v) is 6.52. The summed E-state index contributed by atoms with van der Waals surface area (Å²) in [5, 5.41) is 0. The van der Waals surface area contributed by atoms with E-state index in [1.165, 1.54) is 83.5 Å². The third kappa shape index (κ3) is 10.9. The van der Waals surface area contributed by atoms with Crippen LogP contribution in [0.15, 0.2) is 0 Å². The van der Waals surface area contributed by atoms with Crippen LogP contribution in [0.25, 0.3) is 0 Å².